The molecule has 0 aliphatic heterocycles. The summed E-state index contributed by atoms with van der Waals surface area (Å²) in [4.78, 5) is 0. The van der Waals surface area contributed by atoms with Crippen LogP contribution in [-0.4, -0.2) is 38.8 Å². The summed E-state index contributed by atoms with van der Waals surface area (Å²) >= 11 is 0. The zero-order valence-electron chi connectivity index (χ0n) is 25.0. The molecule has 0 radical (unpaired) electrons. The number of alkyl halides is 7. The Morgan fingerprint density at radius 3 is 2.19 bits per heavy atom. The van der Waals surface area contributed by atoms with Crippen molar-refractivity contribution in [1.29, 1.82) is 0 Å². The van der Waals surface area contributed by atoms with Gasteiger partial charge in [-0.05, 0) is 116 Å². The average Bonchev–Trinajstić information content (AvgIpc) is 3.65. The first-order chi connectivity index (χ1) is 20.1. The highest BCUT2D eigenvalue weighted by Gasteiger charge is 2.73. The highest BCUT2D eigenvalue weighted by Crippen LogP contribution is 2.76. The van der Waals surface area contributed by atoms with Crippen LogP contribution in [0.4, 0.5) is 30.7 Å². The van der Waals surface area contributed by atoms with Crippen molar-refractivity contribution in [3.05, 3.63) is 29.3 Å². The van der Waals surface area contributed by atoms with Crippen LogP contribution in [0.25, 0.3) is 0 Å². The number of fused-ring (bicyclic) bond motifs is 6. The maximum absolute atomic E-state index is 13.5. The van der Waals surface area contributed by atoms with E-state index in [1.54, 1.807) is 0 Å². The second kappa shape index (κ2) is 12.1. The van der Waals surface area contributed by atoms with Crippen molar-refractivity contribution in [3.8, 4) is 5.75 Å². The zero-order chi connectivity index (χ0) is 31.3. The number of rotatable bonds is 13. The highest BCUT2D eigenvalue weighted by molar-refractivity contribution is 7.85. The molecule has 3 fully saturated rings. The normalized spacial score (nSPS) is 30.5. The van der Waals surface area contributed by atoms with Gasteiger partial charge in [0.25, 0.3) is 0 Å². The molecule has 2 nitrogen and oxygen atoms in total. The fourth-order valence-electron chi connectivity index (χ4n) is 9.39. The number of halogens is 7. The lowest BCUT2D eigenvalue weighted by atomic mass is 9.50. The molecular formula is C33H45F7O2S. The lowest BCUT2D eigenvalue weighted by Gasteiger charge is -2.54. The predicted octanol–water partition coefficient (Wildman–Crippen LogP) is 9.96. The van der Waals surface area contributed by atoms with Gasteiger partial charge in [0.05, 0.1) is 5.75 Å². The summed E-state index contributed by atoms with van der Waals surface area (Å²) in [5.41, 5.74) is 3.81. The smallest absolute Gasteiger partial charge is 0.459 e. The largest absolute Gasteiger partial charge is 0.508 e. The van der Waals surface area contributed by atoms with Crippen molar-refractivity contribution in [2.75, 3.05) is 11.5 Å². The molecule has 4 aliphatic rings. The summed E-state index contributed by atoms with van der Waals surface area (Å²) < 4.78 is 102. The van der Waals surface area contributed by atoms with E-state index in [1.165, 1.54) is 49.7 Å². The molecule has 6 atom stereocenters. The van der Waals surface area contributed by atoms with E-state index in [1.807, 2.05) is 12.1 Å². The standard InChI is InChI=1S/C33H45F7O2S/c1-29-14-12-26-25-11-10-24(41)20-23(25)19-22(28(26)27(29)13-15-30(29)16-17-30)9-7-5-3-2-4-6-8-18-43(42)21-31(34,35)32(36,37)33(38,39)40/h10-11,20,22,26-28,41H,2-9,12-19,21H2,1H3/t22?,26?,27?,28?,29-,43?/m0/s1. The number of hydrogen-bond acceptors (Lipinski definition) is 2. The summed E-state index contributed by atoms with van der Waals surface area (Å²) in [5.74, 6) is -10.9. The first kappa shape index (κ1) is 33.1. The molecule has 5 rings (SSSR count). The van der Waals surface area contributed by atoms with Crippen LogP contribution in [0.1, 0.15) is 114 Å². The van der Waals surface area contributed by atoms with Crippen LogP contribution in [0.15, 0.2) is 18.2 Å². The Kier molecular flexibility index (Phi) is 9.32. The van der Waals surface area contributed by atoms with Crippen molar-refractivity contribution >= 4 is 10.8 Å². The molecular weight excluding hydrogens is 593 g/mol. The Morgan fingerprint density at radius 1 is 0.884 bits per heavy atom. The molecule has 1 N–H and O–H groups in total. The van der Waals surface area contributed by atoms with Gasteiger partial charge < -0.3 is 5.11 Å². The van der Waals surface area contributed by atoms with Gasteiger partial charge in [0.2, 0.25) is 0 Å². The third kappa shape index (κ3) is 6.25. The van der Waals surface area contributed by atoms with E-state index in [9.17, 15) is 40.0 Å². The van der Waals surface area contributed by atoms with Crippen LogP contribution >= 0.6 is 0 Å². The Bertz CT molecular complexity index is 1160. The molecule has 5 unspecified atom stereocenters. The van der Waals surface area contributed by atoms with E-state index in [4.69, 9.17) is 0 Å². The van der Waals surface area contributed by atoms with Crippen LogP contribution in [-0.2, 0) is 17.2 Å². The van der Waals surface area contributed by atoms with Gasteiger partial charge in [-0.3, -0.25) is 4.21 Å². The molecule has 0 amide bonds. The van der Waals surface area contributed by atoms with Crippen LogP contribution < -0.4 is 0 Å². The third-order valence-corrected chi connectivity index (χ3v) is 13.3. The van der Waals surface area contributed by atoms with Gasteiger partial charge in [-0.25, -0.2) is 0 Å². The van der Waals surface area contributed by atoms with Gasteiger partial charge in [0.1, 0.15) is 5.75 Å². The second-order valence-corrected chi connectivity index (χ2v) is 15.8. The number of phenols is 1. The molecule has 0 saturated heterocycles. The molecule has 3 saturated carbocycles. The van der Waals surface area contributed by atoms with E-state index in [-0.39, 0.29) is 12.2 Å². The molecule has 244 valence electrons. The number of aromatic hydroxyl groups is 1. The molecule has 0 aromatic heterocycles. The molecule has 43 heavy (non-hydrogen) atoms. The first-order valence-electron chi connectivity index (χ1n) is 16.1. The number of benzene rings is 1. The Balaban J connectivity index is 1.05. The fourth-order valence-corrected chi connectivity index (χ4v) is 10.6. The van der Waals surface area contributed by atoms with Gasteiger partial charge >= 0.3 is 18.0 Å². The maximum atomic E-state index is 13.5. The summed E-state index contributed by atoms with van der Waals surface area (Å²) in [7, 11) is -2.46. The van der Waals surface area contributed by atoms with E-state index >= 15 is 0 Å². The van der Waals surface area contributed by atoms with E-state index < -0.39 is 34.6 Å². The van der Waals surface area contributed by atoms with Crippen LogP contribution in [0.3, 0.4) is 0 Å². The molecule has 1 aromatic rings. The van der Waals surface area contributed by atoms with Gasteiger partial charge in [-0.15, -0.1) is 0 Å². The maximum Gasteiger partial charge on any atom is 0.459 e. The molecule has 0 bridgehead atoms. The second-order valence-electron chi connectivity index (χ2n) is 14.2. The topological polar surface area (TPSA) is 37.3 Å². The molecule has 4 aliphatic carbocycles. The van der Waals surface area contributed by atoms with Gasteiger partial charge in [0, 0.05) is 16.6 Å². The van der Waals surface area contributed by atoms with Gasteiger partial charge in [-0.1, -0.05) is 51.5 Å². The van der Waals surface area contributed by atoms with Crippen molar-refractivity contribution in [2.24, 2.45) is 28.6 Å². The molecule has 1 spiro atoms. The summed E-state index contributed by atoms with van der Waals surface area (Å²) in [6.07, 6.45) is 9.52. The van der Waals surface area contributed by atoms with Crippen molar-refractivity contribution < 1.29 is 40.0 Å². The Morgan fingerprint density at radius 2 is 1.53 bits per heavy atom. The summed E-state index contributed by atoms with van der Waals surface area (Å²) in [5, 5.41) is 10.2. The minimum Gasteiger partial charge on any atom is -0.508 e. The van der Waals surface area contributed by atoms with Gasteiger partial charge in [-0.2, -0.15) is 30.7 Å². The minimum atomic E-state index is -6.39. The zero-order valence-corrected chi connectivity index (χ0v) is 25.8. The van der Waals surface area contributed by atoms with E-state index in [2.05, 4.69) is 13.0 Å². The lowest BCUT2D eigenvalue weighted by molar-refractivity contribution is -0.348. The number of unbranched alkanes of at least 4 members (excludes halogenated alkanes) is 6. The van der Waals surface area contributed by atoms with Crippen molar-refractivity contribution in [1.82, 2.24) is 0 Å². The molecule has 10 heteroatoms. The van der Waals surface area contributed by atoms with Crippen LogP contribution in [0, 0.1) is 28.6 Å². The lowest BCUT2D eigenvalue weighted by Crippen LogP contribution is -2.54. The SMILES string of the molecule is C[C@]12CCC3c4ccc(O)cc4CC(CCCCCCCCCS(=O)CC(F)(F)C(F)(F)C(F)(F)F)C3C1CCC21CC1. The number of hydrogen-bond donors (Lipinski definition) is 1. The van der Waals surface area contributed by atoms with Crippen LogP contribution in [0.5, 0.6) is 5.75 Å². The van der Waals surface area contributed by atoms with Gasteiger partial charge in [0.15, 0.2) is 0 Å². The number of phenolic OH excluding ortho intramolecular Hbond substituents is 1. The summed E-state index contributed by atoms with van der Waals surface area (Å²) in [6, 6.07) is 5.99. The minimum absolute atomic E-state index is 0.249. The third-order valence-electron chi connectivity index (χ3n) is 11.9. The van der Waals surface area contributed by atoms with Crippen molar-refractivity contribution in [2.45, 2.75) is 127 Å². The fraction of sp³-hybridized carbons (Fsp3) is 0.818. The average molecular weight is 639 g/mol. The highest BCUT2D eigenvalue weighted by atomic mass is 32.2. The Hall–Kier alpha value is -1.32. The summed E-state index contributed by atoms with van der Waals surface area (Å²) in [6.45, 7) is 2.58. The molecule has 0 heterocycles. The van der Waals surface area contributed by atoms with E-state index in [0.717, 1.165) is 50.9 Å². The van der Waals surface area contributed by atoms with Crippen molar-refractivity contribution in [3.63, 3.8) is 0 Å². The monoisotopic (exact) mass is 638 g/mol. The first-order valence-corrected chi connectivity index (χ1v) is 17.6. The van der Waals surface area contributed by atoms with E-state index in [0.29, 0.717) is 40.8 Å². The quantitative estimate of drug-likeness (QED) is 0.173. The van der Waals surface area contributed by atoms with Crippen LogP contribution in [0.2, 0.25) is 0 Å². The molecule has 1 aromatic carbocycles. The Labute approximate surface area is 253 Å². The predicted molar refractivity (Wildman–Crippen MR) is 154 cm³/mol.